The van der Waals surface area contributed by atoms with E-state index in [2.05, 4.69) is 0 Å². The summed E-state index contributed by atoms with van der Waals surface area (Å²) in [5.41, 5.74) is 1.46. The van der Waals surface area contributed by atoms with Crippen LogP contribution in [0.2, 0.25) is 0 Å². The first-order chi connectivity index (χ1) is 6.56. The largest absolute Gasteiger partial charge is 0.286 e. The summed E-state index contributed by atoms with van der Waals surface area (Å²) in [5, 5.41) is 9.64. The molecule has 0 aromatic carbocycles. The van der Waals surface area contributed by atoms with Crippen LogP contribution in [0.15, 0.2) is 23.3 Å². The molecule has 14 heavy (non-hydrogen) atoms. The summed E-state index contributed by atoms with van der Waals surface area (Å²) < 4.78 is 0. The van der Waals surface area contributed by atoms with Gasteiger partial charge in [-0.25, -0.2) is 5.06 Å². The van der Waals surface area contributed by atoms with Gasteiger partial charge in [-0.3, -0.25) is 10.0 Å². The topological polar surface area (TPSA) is 40.5 Å². The summed E-state index contributed by atoms with van der Waals surface area (Å²) >= 11 is 5.05. The Morgan fingerprint density at radius 1 is 1.71 bits per heavy atom. The van der Waals surface area contributed by atoms with Crippen LogP contribution in [0.5, 0.6) is 0 Å². The van der Waals surface area contributed by atoms with Crippen LogP contribution in [0.1, 0.15) is 19.8 Å². The number of hydroxylamine groups is 2. The van der Waals surface area contributed by atoms with Gasteiger partial charge in [0.25, 0.3) is 5.91 Å². The van der Waals surface area contributed by atoms with Gasteiger partial charge in [0, 0.05) is 23.9 Å². The number of hydrogen-bond acceptors (Lipinski definition) is 3. The highest BCUT2D eigenvalue weighted by atomic mass is 32.1. The lowest BCUT2D eigenvalue weighted by Crippen LogP contribution is -2.26. The Labute approximate surface area is 88.7 Å². The van der Waals surface area contributed by atoms with Gasteiger partial charge >= 0.3 is 0 Å². The molecule has 0 heterocycles. The van der Waals surface area contributed by atoms with Crippen molar-refractivity contribution in [3.63, 3.8) is 0 Å². The second-order valence-corrected chi connectivity index (χ2v) is 3.66. The van der Waals surface area contributed by atoms with Crippen LogP contribution in [-0.2, 0) is 4.79 Å². The van der Waals surface area contributed by atoms with Gasteiger partial charge in [-0.05, 0) is 18.1 Å². The predicted octanol–water partition coefficient (Wildman–Crippen LogP) is 1.87. The molecule has 0 aliphatic heterocycles. The van der Waals surface area contributed by atoms with E-state index >= 15 is 0 Å². The van der Waals surface area contributed by atoms with Crippen LogP contribution in [0.4, 0.5) is 0 Å². The predicted molar refractivity (Wildman–Crippen MR) is 58.2 cm³/mol. The van der Waals surface area contributed by atoms with Gasteiger partial charge in [0.2, 0.25) is 0 Å². The number of allylic oxidation sites excluding steroid dienone is 2. The Bertz CT molecular complexity index is 329. The quantitative estimate of drug-likeness (QED) is 0.430. The number of rotatable bonds is 2. The van der Waals surface area contributed by atoms with Crippen molar-refractivity contribution in [2.45, 2.75) is 19.8 Å². The van der Waals surface area contributed by atoms with Gasteiger partial charge in [0.15, 0.2) is 0 Å². The third-order valence-electron chi connectivity index (χ3n) is 2.09. The molecule has 1 rings (SSSR count). The van der Waals surface area contributed by atoms with Crippen LogP contribution < -0.4 is 0 Å². The zero-order chi connectivity index (χ0) is 10.7. The van der Waals surface area contributed by atoms with E-state index in [0.29, 0.717) is 17.1 Å². The molecule has 0 saturated carbocycles. The number of carbonyl (C=O) groups is 1. The second-order valence-electron chi connectivity index (χ2n) is 3.14. The van der Waals surface area contributed by atoms with Crippen molar-refractivity contribution in [2.75, 3.05) is 7.05 Å². The molecule has 0 radical (unpaired) electrons. The molecule has 1 N–H and O–H groups in total. The van der Waals surface area contributed by atoms with E-state index < -0.39 is 0 Å². The zero-order valence-corrected chi connectivity index (χ0v) is 9.10. The van der Waals surface area contributed by atoms with E-state index in [4.69, 9.17) is 17.4 Å². The van der Waals surface area contributed by atoms with Crippen LogP contribution >= 0.6 is 12.2 Å². The van der Waals surface area contributed by atoms with E-state index in [1.54, 1.807) is 6.08 Å². The van der Waals surface area contributed by atoms with E-state index in [1.165, 1.54) is 7.05 Å². The average molecular weight is 211 g/mol. The summed E-state index contributed by atoms with van der Waals surface area (Å²) in [7, 11) is 1.32. The summed E-state index contributed by atoms with van der Waals surface area (Å²) in [6.45, 7) is 1.96. The molecule has 0 unspecified atom stereocenters. The van der Waals surface area contributed by atoms with Crippen molar-refractivity contribution < 1.29 is 10.0 Å². The molecule has 0 bridgehead atoms. The summed E-state index contributed by atoms with van der Waals surface area (Å²) in [6, 6.07) is 0. The molecule has 0 aromatic rings. The lowest BCUT2D eigenvalue weighted by Gasteiger charge is -2.17. The van der Waals surface area contributed by atoms with Crippen LogP contribution in [0.3, 0.4) is 0 Å². The van der Waals surface area contributed by atoms with Crippen molar-refractivity contribution >= 4 is 23.0 Å². The number of likely N-dealkylation sites (N-methyl/N-ethyl adjacent to an activating group) is 1. The standard InChI is InChI=1S/C10H13NO2S/c1-3-7-6-8(14)4-5-9(7)10(12)11(2)13/h5-6,13H,3-4H2,1-2H3. The third kappa shape index (κ3) is 2.27. The minimum Gasteiger partial charge on any atom is -0.286 e. The maximum atomic E-state index is 11.5. The lowest BCUT2D eigenvalue weighted by atomic mass is 9.95. The van der Waals surface area contributed by atoms with Gasteiger partial charge in [-0.15, -0.1) is 0 Å². The summed E-state index contributed by atoms with van der Waals surface area (Å²) in [4.78, 5) is 12.3. The maximum absolute atomic E-state index is 11.5. The molecule has 3 nitrogen and oxygen atoms in total. The maximum Gasteiger partial charge on any atom is 0.276 e. The van der Waals surface area contributed by atoms with Crippen molar-refractivity contribution in [3.05, 3.63) is 23.3 Å². The molecular weight excluding hydrogens is 198 g/mol. The first kappa shape index (κ1) is 11.1. The SMILES string of the molecule is CCC1=CC(=S)CC=C1C(=O)N(C)O. The molecule has 1 aliphatic carbocycles. The molecule has 0 saturated heterocycles. The van der Waals surface area contributed by atoms with E-state index in [-0.39, 0.29) is 5.91 Å². The average Bonchev–Trinajstić information content (AvgIpc) is 2.16. The number of nitrogens with zero attached hydrogens (tertiary/aromatic N) is 1. The minimum absolute atomic E-state index is 0.374. The Hall–Kier alpha value is -1.00. The molecular formula is C10H13NO2S. The van der Waals surface area contributed by atoms with Gasteiger partial charge in [-0.1, -0.05) is 25.2 Å². The molecule has 0 fully saturated rings. The first-order valence-corrected chi connectivity index (χ1v) is 4.88. The molecule has 0 aromatic heterocycles. The highest BCUT2D eigenvalue weighted by Crippen LogP contribution is 2.21. The number of hydrogen-bond donors (Lipinski definition) is 1. The number of thiocarbonyl (C=S) groups is 1. The Morgan fingerprint density at radius 2 is 2.36 bits per heavy atom. The van der Waals surface area contributed by atoms with Gasteiger partial charge in [0.1, 0.15) is 0 Å². The first-order valence-electron chi connectivity index (χ1n) is 4.47. The molecule has 76 valence electrons. The smallest absolute Gasteiger partial charge is 0.276 e. The van der Waals surface area contributed by atoms with Crippen molar-refractivity contribution in [2.24, 2.45) is 0 Å². The van der Waals surface area contributed by atoms with E-state index in [0.717, 1.165) is 16.9 Å². The molecule has 1 amide bonds. The Balaban J connectivity index is 2.95. The molecule has 1 aliphatic rings. The fourth-order valence-electron chi connectivity index (χ4n) is 1.36. The minimum atomic E-state index is -0.374. The monoisotopic (exact) mass is 211 g/mol. The Kier molecular flexibility index (Phi) is 3.55. The highest BCUT2D eigenvalue weighted by molar-refractivity contribution is 7.80. The molecule has 4 heteroatoms. The fraction of sp³-hybridized carbons (Fsp3) is 0.400. The Morgan fingerprint density at radius 3 is 2.86 bits per heavy atom. The van der Waals surface area contributed by atoms with Crippen LogP contribution in [-0.4, -0.2) is 28.1 Å². The molecule has 0 spiro atoms. The second kappa shape index (κ2) is 4.48. The number of carbonyl (C=O) groups excluding carboxylic acids is 1. The van der Waals surface area contributed by atoms with Gasteiger partial charge in [0.05, 0.1) is 0 Å². The van der Waals surface area contributed by atoms with Crippen LogP contribution in [0.25, 0.3) is 0 Å². The fourth-order valence-corrected chi connectivity index (χ4v) is 1.58. The highest BCUT2D eigenvalue weighted by Gasteiger charge is 2.19. The lowest BCUT2D eigenvalue weighted by molar-refractivity contribution is -0.154. The third-order valence-corrected chi connectivity index (χ3v) is 2.38. The summed E-state index contributed by atoms with van der Waals surface area (Å²) in [5.74, 6) is -0.374. The van der Waals surface area contributed by atoms with E-state index in [9.17, 15) is 4.79 Å². The zero-order valence-electron chi connectivity index (χ0n) is 8.28. The van der Waals surface area contributed by atoms with Crippen molar-refractivity contribution in [1.82, 2.24) is 5.06 Å². The number of amides is 1. The van der Waals surface area contributed by atoms with Crippen molar-refractivity contribution in [1.29, 1.82) is 0 Å². The van der Waals surface area contributed by atoms with E-state index in [1.807, 2.05) is 13.0 Å². The van der Waals surface area contributed by atoms with Gasteiger partial charge < -0.3 is 0 Å². The normalized spacial score (nSPS) is 16.1. The van der Waals surface area contributed by atoms with Gasteiger partial charge in [-0.2, -0.15) is 0 Å². The summed E-state index contributed by atoms with van der Waals surface area (Å²) in [6.07, 6.45) is 4.96. The molecule has 0 atom stereocenters. The van der Waals surface area contributed by atoms with Crippen LogP contribution in [0, 0.1) is 0 Å². The van der Waals surface area contributed by atoms with Crippen molar-refractivity contribution in [3.8, 4) is 0 Å².